The highest BCUT2D eigenvalue weighted by molar-refractivity contribution is 5.91. The Bertz CT molecular complexity index is 815. The Morgan fingerprint density at radius 2 is 1.96 bits per heavy atom. The molecule has 0 bridgehead atoms. The molecule has 1 aliphatic heterocycles. The number of nitro benzene ring substituents is 1. The quantitative estimate of drug-likeness (QED) is 0.536. The number of hydrogen-bond acceptors (Lipinski definition) is 8. The number of nitro groups is 1. The molecule has 11 nitrogen and oxygen atoms in total. The summed E-state index contributed by atoms with van der Waals surface area (Å²) in [6.07, 6.45) is 0. The summed E-state index contributed by atoms with van der Waals surface area (Å²) in [5.74, 6) is -0.984. The van der Waals surface area contributed by atoms with Gasteiger partial charge in [-0.15, -0.1) is 15.0 Å². The van der Waals surface area contributed by atoms with Crippen LogP contribution in [-0.2, 0) is 0 Å². The summed E-state index contributed by atoms with van der Waals surface area (Å²) in [4.78, 5) is 26.9. The van der Waals surface area contributed by atoms with Gasteiger partial charge in [0.05, 0.1) is 17.2 Å². The Hall–Kier alpha value is -3.05. The number of non-ortho nitro benzene ring substituents is 1. The maximum Gasteiger partial charge on any atom is 0.360 e. The van der Waals surface area contributed by atoms with E-state index in [1.807, 2.05) is 4.90 Å². The lowest BCUT2D eigenvalue weighted by Crippen LogP contribution is -2.47. The van der Waals surface area contributed by atoms with Crippen molar-refractivity contribution in [3.05, 3.63) is 40.1 Å². The number of carboxylic acid groups (broad SMARTS) is 1. The number of benzene rings is 1. The number of aliphatic hydroxyl groups excluding tert-OH is 1. The number of aliphatic hydroxyl groups is 1. The van der Waals surface area contributed by atoms with Crippen molar-refractivity contribution in [3.8, 4) is 5.69 Å². The van der Waals surface area contributed by atoms with Crippen LogP contribution in [0.1, 0.15) is 10.5 Å². The molecule has 138 valence electrons. The third-order valence-corrected chi connectivity index (χ3v) is 4.16. The Kier molecular flexibility index (Phi) is 5.09. The Morgan fingerprint density at radius 1 is 1.23 bits per heavy atom. The molecule has 0 aliphatic carbocycles. The van der Waals surface area contributed by atoms with Gasteiger partial charge in [0.1, 0.15) is 0 Å². The molecule has 1 saturated heterocycles. The fourth-order valence-corrected chi connectivity index (χ4v) is 2.82. The lowest BCUT2D eigenvalue weighted by atomic mass is 10.3. The van der Waals surface area contributed by atoms with Crippen LogP contribution < -0.4 is 4.90 Å². The van der Waals surface area contributed by atoms with E-state index in [4.69, 9.17) is 5.11 Å². The predicted molar refractivity (Wildman–Crippen MR) is 90.7 cm³/mol. The Labute approximate surface area is 148 Å². The van der Waals surface area contributed by atoms with Crippen molar-refractivity contribution < 1.29 is 19.9 Å². The lowest BCUT2D eigenvalue weighted by molar-refractivity contribution is -0.384. The Balaban J connectivity index is 1.89. The molecule has 0 unspecified atom stereocenters. The summed E-state index contributed by atoms with van der Waals surface area (Å²) in [5.41, 5.74) is -0.0187. The summed E-state index contributed by atoms with van der Waals surface area (Å²) in [6, 6.07) is 5.69. The number of anilines is 1. The zero-order chi connectivity index (χ0) is 18.7. The van der Waals surface area contributed by atoms with Crippen molar-refractivity contribution in [1.82, 2.24) is 19.9 Å². The summed E-state index contributed by atoms with van der Waals surface area (Å²) >= 11 is 0. The van der Waals surface area contributed by atoms with E-state index < -0.39 is 10.9 Å². The monoisotopic (exact) mass is 362 g/mol. The molecule has 2 aromatic rings. The number of carboxylic acids is 1. The third-order valence-electron chi connectivity index (χ3n) is 4.16. The van der Waals surface area contributed by atoms with E-state index in [1.54, 1.807) is 6.07 Å². The predicted octanol–water partition coefficient (Wildman–Crippen LogP) is -0.0120. The average Bonchev–Trinajstić information content (AvgIpc) is 3.08. The number of piperazine rings is 1. The van der Waals surface area contributed by atoms with Gasteiger partial charge in [0.15, 0.2) is 5.82 Å². The van der Waals surface area contributed by atoms with Crippen LogP contribution in [0.2, 0.25) is 0 Å². The SMILES string of the molecule is O=C(O)c1nn(-c2cccc([N+](=O)[O-])c2)nc1N1CCN(CCO)CC1. The normalized spacial score (nSPS) is 15.2. The average molecular weight is 362 g/mol. The maximum absolute atomic E-state index is 11.6. The van der Waals surface area contributed by atoms with Crippen LogP contribution in [0.25, 0.3) is 5.69 Å². The van der Waals surface area contributed by atoms with Crippen molar-refractivity contribution in [2.24, 2.45) is 0 Å². The van der Waals surface area contributed by atoms with Gasteiger partial charge in [-0.05, 0) is 6.07 Å². The van der Waals surface area contributed by atoms with Crippen molar-refractivity contribution >= 4 is 17.5 Å². The maximum atomic E-state index is 11.6. The second kappa shape index (κ2) is 7.45. The number of nitrogens with zero attached hydrogens (tertiary/aromatic N) is 6. The molecular formula is C15H18N6O5. The van der Waals surface area contributed by atoms with Crippen LogP contribution in [-0.4, -0.2) is 80.3 Å². The molecule has 26 heavy (non-hydrogen) atoms. The highest BCUT2D eigenvalue weighted by Gasteiger charge is 2.26. The highest BCUT2D eigenvalue weighted by Crippen LogP contribution is 2.21. The second-order valence-electron chi connectivity index (χ2n) is 5.80. The third kappa shape index (κ3) is 3.63. The van der Waals surface area contributed by atoms with Crippen LogP contribution in [0.15, 0.2) is 24.3 Å². The Morgan fingerprint density at radius 3 is 2.58 bits per heavy atom. The largest absolute Gasteiger partial charge is 0.476 e. The molecule has 3 rings (SSSR count). The summed E-state index contributed by atoms with van der Waals surface area (Å²) < 4.78 is 0. The van der Waals surface area contributed by atoms with E-state index in [1.165, 1.54) is 18.2 Å². The molecule has 1 aromatic carbocycles. The van der Waals surface area contributed by atoms with Gasteiger partial charge in [0.2, 0.25) is 5.69 Å². The molecule has 0 atom stereocenters. The number of aromatic nitrogens is 3. The molecule has 1 fully saturated rings. The summed E-state index contributed by atoms with van der Waals surface area (Å²) in [7, 11) is 0. The zero-order valence-corrected chi connectivity index (χ0v) is 13.9. The van der Waals surface area contributed by atoms with Gasteiger partial charge in [0, 0.05) is 44.9 Å². The number of aromatic carboxylic acids is 1. The van der Waals surface area contributed by atoms with E-state index >= 15 is 0 Å². The minimum absolute atomic E-state index is 0.0728. The molecule has 2 N–H and O–H groups in total. The van der Waals surface area contributed by atoms with Crippen LogP contribution >= 0.6 is 0 Å². The minimum atomic E-state index is -1.21. The molecular weight excluding hydrogens is 344 g/mol. The van der Waals surface area contributed by atoms with Crippen LogP contribution in [0.5, 0.6) is 0 Å². The summed E-state index contributed by atoms with van der Waals surface area (Å²) in [6.45, 7) is 3.08. The van der Waals surface area contributed by atoms with Crippen molar-refractivity contribution in [2.45, 2.75) is 0 Å². The molecule has 0 saturated carbocycles. The zero-order valence-electron chi connectivity index (χ0n) is 13.9. The van der Waals surface area contributed by atoms with Crippen LogP contribution in [0, 0.1) is 10.1 Å². The smallest absolute Gasteiger partial charge is 0.360 e. The molecule has 0 spiro atoms. The van der Waals surface area contributed by atoms with Crippen LogP contribution in [0.4, 0.5) is 11.5 Å². The standard InChI is InChI=1S/C15H18N6O5/c22-9-8-18-4-6-19(7-5-18)14-13(15(23)24)16-20(17-14)11-2-1-3-12(10-11)21(25)26/h1-3,10,22H,4-9H2,(H,23,24). The minimum Gasteiger partial charge on any atom is -0.476 e. The van der Waals surface area contributed by atoms with E-state index in [0.717, 1.165) is 4.80 Å². The first-order chi connectivity index (χ1) is 12.5. The van der Waals surface area contributed by atoms with E-state index in [0.29, 0.717) is 38.4 Å². The van der Waals surface area contributed by atoms with Gasteiger partial charge in [-0.1, -0.05) is 6.07 Å². The molecule has 1 aliphatic rings. The van der Waals surface area contributed by atoms with Gasteiger partial charge in [-0.3, -0.25) is 15.0 Å². The second-order valence-corrected chi connectivity index (χ2v) is 5.80. The topological polar surface area (TPSA) is 138 Å². The van der Waals surface area contributed by atoms with Crippen molar-refractivity contribution in [2.75, 3.05) is 44.2 Å². The molecule has 0 amide bonds. The van der Waals surface area contributed by atoms with Gasteiger partial charge in [-0.2, -0.15) is 0 Å². The first kappa shape index (κ1) is 17.8. The lowest BCUT2D eigenvalue weighted by Gasteiger charge is -2.34. The number of carbonyl (C=O) groups is 1. The van der Waals surface area contributed by atoms with Gasteiger partial charge in [-0.25, -0.2) is 4.79 Å². The first-order valence-corrected chi connectivity index (χ1v) is 8.03. The van der Waals surface area contributed by atoms with E-state index in [9.17, 15) is 20.0 Å². The van der Waals surface area contributed by atoms with Crippen molar-refractivity contribution in [3.63, 3.8) is 0 Å². The highest BCUT2D eigenvalue weighted by atomic mass is 16.6. The number of rotatable bonds is 6. The fourth-order valence-electron chi connectivity index (χ4n) is 2.82. The number of β-amino-alcohol motifs (C(OH)–C–C–N with tert-alkyl or cyclic N) is 1. The van der Waals surface area contributed by atoms with Gasteiger partial charge >= 0.3 is 5.97 Å². The molecule has 0 radical (unpaired) electrons. The van der Waals surface area contributed by atoms with Crippen LogP contribution in [0.3, 0.4) is 0 Å². The first-order valence-electron chi connectivity index (χ1n) is 8.03. The van der Waals surface area contributed by atoms with E-state index in [2.05, 4.69) is 15.1 Å². The van der Waals surface area contributed by atoms with Gasteiger partial charge < -0.3 is 15.1 Å². The van der Waals surface area contributed by atoms with Crippen molar-refractivity contribution in [1.29, 1.82) is 0 Å². The number of hydrogen-bond donors (Lipinski definition) is 2. The summed E-state index contributed by atoms with van der Waals surface area (Å²) in [5, 5.41) is 37.6. The molecule has 2 heterocycles. The van der Waals surface area contributed by atoms with E-state index in [-0.39, 0.29) is 23.8 Å². The molecule has 1 aromatic heterocycles. The fraction of sp³-hybridized carbons (Fsp3) is 0.400. The van der Waals surface area contributed by atoms with Gasteiger partial charge in [0.25, 0.3) is 5.69 Å². The molecule has 11 heteroatoms.